The Bertz CT molecular complexity index is 168. The highest BCUT2D eigenvalue weighted by Gasteiger charge is 2.10. The first-order chi connectivity index (χ1) is 7.19. The Morgan fingerprint density at radius 2 is 1.80 bits per heavy atom. The zero-order chi connectivity index (χ0) is 11.7. The van der Waals surface area contributed by atoms with Gasteiger partial charge in [0, 0.05) is 33.9 Å². The van der Waals surface area contributed by atoms with Crippen molar-refractivity contribution in [3.63, 3.8) is 0 Å². The second kappa shape index (κ2) is 8.64. The number of nitrogens with zero attached hydrogens (tertiary/aromatic N) is 1. The van der Waals surface area contributed by atoms with Crippen molar-refractivity contribution >= 4 is 5.91 Å². The topological polar surface area (TPSA) is 50.8 Å². The first-order valence-corrected chi connectivity index (χ1v) is 5.23. The number of nitrogens with one attached hydrogen (secondary N) is 1. The van der Waals surface area contributed by atoms with Gasteiger partial charge >= 0.3 is 0 Å². The average Bonchev–Trinajstić information content (AvgIpc) is 2.26. The fourth-order valence-electron chi connectivity index (χ4n) is 1.25. The van der Waals surface area contributed by atoms with E-state index in [-0.39, 0.29) is 12.2 Å². The molecule has 0 aromatic rings. The van der Waals surface area contributed by atoms with Crippen LogP contribution in [0.3, 0.4) is 0 Å². The van der Waals surface area contributed by atoms with Gasteiger partial charge in [0.25, 0.3) is 0 Å². The lowest BCUT2D eigenvalue weighted by atomic mass is 10.4. The number of hydrogen-bond donors (Lipinski definition) is 1. The molecule has 0 aliphatic rings. The van der Waals surface area contributed by atoms with Crippen LogP contribution in [0.4, 0.5) is 0 Å². The third-order valence-electron chi connectivity index (χ3n) is 2.23. The van der Waals surface area contributed by atoms with Gasteiger partial charge in [-0.2, -0.15) is 0 Å². The minimum atomic E-state index is -0.297. The van der Waals surface area contributed by atoms with E-state index in [1.807, 2.05) is 13.8 Å². The van der Waals surface area contributed by atoms with E-state index in [1.54, 1.807) is 19.1 Å². The van der Waals surface area contributed by atoms with E-state index >= 15 is 0 Å². The second-order valence-corrected chi connectivity index (χ2v) is 3.10. The van der Waals surface area contributed by atoms with E-state index in [0.717, 1.165) is 13.1 Å². The van der Waals surface area contributed by atoms with Crippen LogP contribution in [-0.2, 0) is 14.3 Å². The zero-order valence-electron chi connectivity index (χ0n) is 10.1. The molecule has 0 aromatic carbocycles. The van der Waals surface area contributed by atoms with E-state index < -0.39 is 0 Å². The second-order valence-electron chi connectivity index (χ2n) is 3.10. The minimum absolute atomic E-state index is 0.103. The van der Waals surface area contributed by atoms with Gasteiger partial charge in [-0.3, -0.25) is 4.79 Å². The first kappa shape index (κ1) is 14.3. The number of hydrogen-bond acceptors (Lipinski definition) is 4. The van der Waals surface area contributed by atoms with Crippen LogP contribution in [-0.4, -0.2) is 57.5 Å². The number of amides is 1. The largest absolute Gasteiger partial charge is 0.355 e. The zero-order valence-corrected chi connectivity index (χ0v) is 10.1. The Morgan fingerprint density at radius 1 is 1.27 bits per heavy atom. The summed E-state index contributed by atoms with van der Waals surface area (Å²) >= 11 is 0. The molecular weight excluding hydrogens is 196 g/mol. The quantitative estimate of drug-likeness (QED) is 0.585. The van der Waals surface area contributed by atoms with Gasteiger partial charge in [-0.25, -0.2) is 0 Å². The van der Waals surface area contributed by atoms with Crippen molar-refractivity contribution < 1.29 is 14.3 Å². The van der Waals surface area contributed by atoms with Gasteiger partial charge in [0.05, 0.1) is 6.54 Å². The molecule has 1 N–H and O–H groups in total. The van der Waals surface area contributed by atoms with Gasteiger partial charge in [-0.15, -0.1) is 0 Å². The molecule has 15 heavy (non-hydrogen) atoms. The molecule has 0 saturated heterocycles. The molecular formula is C10H22N2O3. The van der Waals surface area contributed by atoms with Gasteiger partial charge in [-0.1, -0.05) is 0 Å². The van der Waals surface area contributed by atoms with Gasteiger partial charge in [-0.05, 0) is 13.8 Å². The molecule has 0 heterocycles. The lowest BCUT2D eigenvalue weighted by molar-refractivity contribution is -0.130. The van der Waals surface area contributed by atoms with E-state index in [9.17, 15) is 4.79 Å². The molecule has 0 fully saturated rings. The van der Waals surface area contributed by atoms with E-state index in [2.05, 4.69) is 5.32 Å². The summed E-state index contributed by atoms with van der Waals surface area (Å²) in [4.78, 5) is 13.3. The third kappa shape index (κ3) is 5.71. The summed E-state index contributed by atoms with van der Waals surface area (Å²) in [6.45, 7) is 6.26. The van der Waals surface area contributed by atoms with Crippen LogP contribution in [0, 0.1) is 0 Å². The van der Waals surface area contributed by atoms with E-state index in [0.29, 0.717) is 13.1 Å². The van der Waals surface area contributed by atoms with E-state index in [1.165, 1.54) is 0 Å². The molecule has 0 spiro atoms. The number of likely N-dealkylation sites (N-methyl/N-ethyl adjacent to an activating group) is 1. The van der Waals surface area contributed by atoms with Crippen LogP contribution in [0.25, 0.3) is 0 Å². The smallest absolute Gasteiger partial charge is 0.236 e. The van der Waals surface area contributed by atoms with Crippen LogP contribution in [0.5, 0.6) is 0 Å². The van der Waals surface area contributed by atoms with Crippen LogP contribution < -0.4 is 5.32 Å². The predicted octanol–water partition coefficient (Wildman–Crippen LogP) is 0.0633. The first-order valence-electron chi connectivity index (χ1n) is 5.23. The SMILES string of the molecule is CCN(CC)C(=O)CNCC(OC)OC. The monoisotopic (exact) mass is 218 g/mol. The fraction of sp³-hybridized carbons (Fsp3) is 0.900. The highest BCUT2D eigenvalue weighted by atomic mass is 16.7. The Balaban J connectivity index is 3.70. The van der Waals surface area contributed by atoms with Gasteiger partial charge in [0.15, 0.2) is 6.29 Å². The van der Waals surface area contributed by atoms with Gasteiger partial charge in [0.2, 0.25) is 5.91 Å². The third-order valence-corrected chi connectivity index (χ3v) is 2.23. The highest BCUT2D eigenvalue weighted by Crippen LogP contribution is 1.90. The molecule has 0 atom stereocenters. The molecule has 0 aliphatic carbocycles. The highest BCUT2D eigenvalue weighted by molar-refractivity contribution is 5.78. The fourth-order valence-corrected chi connectivity index (χ4v) is 1.25. The molecule has 90 valence electrons. The molecule has 5 nitrogen and oxygen atoms in total. The summed E-state index contributed by atoms with van der Waals surface area (Å²) in [6.07, 6.45) is -0.297. The Labute approximate surface area is 91.7 Å². The van der Waals surface area contributed by atoms with Crippen molar-refractivity contribution in [2.24, 2.45) is 0 Å². The number of ether oxygens (including phenoxy) is 2. The van der Waals surface area contributed by atoms with E-state index in [4.69, 9.17) is 9.47 Å². The summed E-state index contributed by atoms with van der Waals surface area (Å²) < 4.78 is 9.97. The van der Waals surface area contributed by atoms with Crippen LogP contribution in [0.15, 0.2) is 0 Å². The van der Waals surface area contributed by atoms with Crippen molar-refractivity contribution in [1.82, 2.24) is 10.2 Å². The molecule has 0 aromatic heterocycles. The maximum Gasteiger partial charge on any atom is 0.236 e. The van der Waals surface area contributed by atoms with Crippen LogP contribution in [0.1, 0.15) is 13.8 Å². The molecule has 1 amide bonds. The summed E-state index contributed by atoms with van der Waals surface area (Å²) in [6, 6.07) is 0. The molecule has 5 heteroatoms. The maximum absolute atomic E-state index is 11.5. The van der Waals surface area contributed by atoms with Gasteiger partial charge in [0.1, 0.15) is 0 Å². The summed E-state index contributed by atoms with van der Waals surface area (Å²) in [5.41, 5.74) is 0. The predicted molar refractivity (Wildman–Crippen MR) is 58.6 cm³/mol. The number of methoxy groups -OCH3 is 2. The molecule has 0 saturated carbocycles. The van der Waals surface area contributed by atoms with Crippen molar-refractivity contribution in [2.75, 3.05) is 40.4 Å². The minimum Gasteiger partial charge on any atom is -0.355 e. The summed E-state index contributed by atoms with van der Waals surface area (Å²) in [5.74, 6) is 0.103. The lowest BCUT2D eigenvalue weighted by Crippen LogP contribution is -2.40. The molecule has 0 rings (SSSR count). The standard InChI is InChI=1S/C10H22N2O3/c1-5-12(6-2)9(13)7-11-8-10(14-3)15-4/h10-11H,5-8H2,1-4H3. The van der Waals surface area contributed by atoms with Gasteiger partial charge < -0.3 is 19.7 Å². The molecule has 0 radical (unpaired) electrons. The lowest BCUT2D eigenvalue weighted by Gasteiger charge is -2.20. The summed E-state index contributed by atoms with van der Waals surface area (Å²) in [7, 11) is 3.14. The van der Waals surface area contributed by atoms with Crippen molar-refractivity contribution in [2.45, 2.75) is 20.1 Å². The molecule has 0 bridgehead atoms. The Hall–Kier alpha value is -0.650. The number of carbonyl (C=O) groups excluding carboxylic acids is 1. The molecule has 0 unspecified atom stereocenters. The summed E-state index contributed by atoms with van der Waals surface area (Å²) in [5, 5.41) is 3.00. The molecule has 0 aliphatic heterocycles. The van der Waals surface area contributed by atoms with Crippen LogP contribution >= 0.6 is 0 Å². The maximum atomic E-state index is 11.5. The van der Waals surface area contributed by atoms with Crippen molar-refractivity contribution in [1.29, 1.82) is 0 Å². The van der Waals surface area contributed by atoms with Crippen molar-refractivity contribution in [3.8, 4) is 0 Å². The number of carbonyl (C=O) groups is 1. The van der Waals surface area contributed by atoms with Crippen LogP contribution in [0.2, 0.25) is 0 Å². The Kier molecular flexibility index (Phi) is 8.27. The normalized spacial score (nSPS) is 10.7. The Morgan fingerprint density at radius 3 is 2.20 bits per heavy atom. The van der Waals surface area contributed by atoms with Crippen molar-refractivity contribution in [3.05, 3.63) is 0 Å². The number of rotatable bonds is 8. The average molecular weight is 218 g/mol.